The Kier molecular flexibility index (Phi) is 7.02. The summed E-state index contributed by atoms with van der Waals surface area (Å²) in [6.45, 7) is 6.57. The molecule has 1 aromatic heterocycles. The Bertz CT molecular complexity index is 983. The third kappa shape index (κ3) is 5.34. The average molecular weight is 436 g/mol. The summed E-state index contributed by atoms with van der Waals surface area (Å²) in [4.78, 5) is 18.3. The summed E-state index contributed by atoms with van der Waals surface area (Å²) >= 11 is 1.74. The number of nitrogens with zero attached hydrogens (tertiary/aromatic N) is 2. The summed E-state index contributed by atoms with van der Waals surface area (Å²) in [6, 6.07) is 17.7. The molecule has 1 N–H and O–H groups in total. The van der Waals surface area contributed by atoms with Crippen LogP contribution in [0.2, 0.25) is 0 Å². The second-order valence-corrected chi connectivity index (χ2v) is 8.73. The van der Waals surface area contributed by atoms with Gasteiger partial charge >= 0.3 is 0 Å². The maximum absolute atomic E-state index is 13.5. The number of nitrogens with one attached hydrogen (secondary N) is 1. The smallest absolute Gasteiger partial charge is 0.246 e. The number of anilines is 1. The molecule has 0 aliphatic carbocycles. The van der Waals surface area contributed by atoms with E-state index in [0.29, 0.717) is 11.4 Å². The molecule has 0 saturated carbocycles. The fourth-order valence-electron chi connectivity index (χ4n) is 4.10. The number of piperazine rings is 1. The number of carbonyl (C=O) groups is 1. The third-order valence-corrected chi connectivity index (χ3v) is 6.47. The molecule has 31 heavy (non-hydrogen) atoms. The van der Waals surface area contributed by atoms with Crippen LogP contribution >= 0.6 is 11.3 Å². The van der Waals surface area contributed by atoms with E-state index in [4.69, 9.17) is 4.74 Å². The van der Waals surface area contributed by atoms with Gasteiger partial charge in [0.1, 0.15) is 11.8 Å². The highest BCUT2D eigenvalue weighted by Crippen LogP contribution is 2.29. The van der Waals surface area contributed by atoms with Crippen LogP contribution in [0.4, 0.5) is 5.69 Å². The number of aryl methyl sites for hydroxylation is 1. The van der Waals surface area contributed by atoms with Gasteiger partial charge in [0.2, 0.25) is 5.91 Å². The Hall–Kier alpha value is -2.67. The minimum atomic E-state index is -0.338. The molecule has 4 rings (SSSR count). The van der Waals surface area contributed by atoms with Gasteiger partial charge in [-0.05, 0) is 52.6 Å². The minimum absolute atomic E-state index is 0.0265. The first-order valence-electron chi connectivity index (χ1n) is 10.6. The Morgan fingerprint density at radius 1 is 1.10 bits per heavy atom. The topological polar surface area (TPSA) is 44.8 Å². The largest absolute Gasteiger partial charge is 0.495 e. The Labute approximate surface area is 188 Å². The van der Waals surface area contributed by atoms with E-state index in [-0.39, 0.29) is 11.9 Å². The average Bonchev–Trinajstić information content (AvgIpc) is 3.29. The molecule has 6 heteroatoms. The zero-order chi connectivity index (χ0) is 21.6. The van der Waals surface area contributed by atoms with Crippen LogP contribution in [-0.2, 0) is 11.3 Å². The lowest BCUT2D eigenvalue weighted by Gasteiger charge is -2.38. The fraction of sp³-hybridized carbons (Fsp3) is 0.320. The first-order valence-corrected chi connectivity index (χ1v) is 11.6. The van der Waals surface area contributed by atoms with E-state index in [1.165, 1.54) is 5.56 Å². The van der Waals surface area contributed by atoms with Crippen LogP contribution in [0.25, 0.3) is 0 Å². The minimum Gasteiger partial charge on any atom is -0.495 e. The van der Waals surface area contributed by atoms with Crippen molar-refractivity contribution < 1.29 is 9.53 Å². The molecule has 2 heterocycles. The van der Waals surface area contributed by atoms with Gasteiger partial charge in [-0.3, -0.25) is 14.6 Å². The molecule has 1 aliphatic rings. The number of methoxy groups -OCH3 is 1. The van der Waals surface area contributed by atoms with Crippen molar-refractivity contribution in [3.8, 4) is 5.75 Å². The molecule has 0 bridgehead atoms. The molecule has 3 aromatic rings. The van der Waals surface area contributed by atoms with Gasteiger partial charge < -0.3 is 10.1 Å². The van der Waals surface area contributed by atoms with Crippen molar-refractivity contribution >= 4 is 22.9 Å². The molecule has 1 atom stereocenters. The van der Waals surface area contributed by atoms with Crippen LogP contribution < -0.4 is 10.1 Å². The van der Waals surface area contributed by atoms with Gasteiger partial charge in [0, 0.05) is 32.7 Å². The van der Waals surface area contributed by atoms with Gasteiger partial charge in [-0.25, -0.2) is 0 Å². The van der Waals surface area contributed by atoms with E-state index in [2.05, 4.69) is 31.9 Å². The highest BCUT2D eigenvalue weighted by Gasteiger charge is 2.31. The molecule has 1 aliphatic heterocycles. The lowest BCUT2D eigenvalue weighted by molar-refractivity contribution is -0.122. The summed E-state index contributed by atoms with van der Waals surface area (Å²) in [7, 11) is 1.63. The van der Waals surface area contributed by atoms with Crippen molar-refractivity contribution in [1.82, 2.24) is 9.80 Å². The third-order valence-electron chi connectivity index (χ3n) is 5.73. The lowest BCUT2D eigenvalue weighted by Crippen LogP contribution is -2.49. The van der Waals surface area contributed by atoms with E-state index in [1.54, 1.807) is 18.4 Å². The van der Waals surface area contributed by atoms with Gasteiger partial charge in [0.15, 0.2) is 0 Å². The highest BCUT2D eigenvalue weighted by molar-refractivity contribution is 7.07. The second kappa shape index (κ2) is 10.1. The van der Waals surface area contributed by atoms with Crippen LogP contribution in [0.15, 0.2) is 65.4 Å². The van der Waals surface area contributed by atoms with E-state index in [1.807, 2.05) is 55.5 Å². The summed E-state index contributed by atoms with van der Waals surface area (Å²) in [5, 5.41) is 7.46. The Morgan fingerprint density at radius 2 is 1.87 bits per heavy atom. The van der Waals surface area contributed by atoms with Gasteiger partial charge in [0.05, 0.1) is 12.8 Å². The number of thiophene rings is 1. The van der Waals surface area contributed by atoms with E-state index in [9.17, 15) is 4.79 Å². The molecule has 1 amide bonds. The monoisotopic (exact) mass is 435 g/mol. The zero-order valence-electron chi connectivity index (χ0n) is 18.1. The number of benzene rings is 2. The lowest BCUT2D eigenvalue weighted by atomic mass is 10.0. The molecule has 1 saturated heterocycles. The standard InChI is InChI=1S/C25H29N3O2S/c1-19-8-9-23(30-2)22(16-19)26-25(29)24(21-6-4-3-5-7-21)28-13-11-27(12-14-28)17-20-10-15-31-18-20/h3-10,15-16,18,24H,11-14,17H2,1-2H3,(H,26,29). The van der Waals surface area contributed by atoms with E-state index < -0.39 is 0 Å². The quantitative estimate of drug-likeness (QED) is 0.591. The number of carbonyl (C=O) groups excluding carboxylic acids is 1. The molecule has 0 radical (unpaired) electrons. The molecular weight excluding hydrogens is 406 g/mol. The van der Waals surface area contributed by atoms with Crippen molar-refractivity contribution in [2.24, 2.45) is 0 Å². The molecule has 5 nitrogen and oxygen atoms in total. The van der Waals surface area contributed by atoms with Crippen molar-refractivity contribution in [2.45, 2.75) is 19.5 Å². The molecular formula is C25H29N3O2S. The predicted molar refractivity (Wildman–Crippen MR) is 127 cm³/mol. The molecule has 0 spiro atoms. The van der Waals surface area contributed by atoms with Crippen molar-refractivity contribution in [3.63, 3.8) is 0 Å². The first-order chi connectivity index (χ1) is 15.1. The van der Waals surface area contributed by atoms with Crippen LogP contribution in [0.3, 0.4) is 0 Å². The predicted octanol–water partition coefficient (Wildman–Crippen LogP) is 4.56. The van der Waals surface area contributed by atoms with Crippen LogP contribution in [0, 0.1) is 6.92 Å². The maximum Gasteiger partial charge on any atom is 0.246 e. The van der Waals surface area contributed by atoms with Crippen molar-refractivity contribution in [2.75, 3.05) is 38.6 Å². The van der Waals surface area contributed by atoms with Gasteiger partial charge in [-0.2, -0.15) is 11.3 Å². The maximum atomic E-state index is 13.5. The molecule has 162 valence electrons. The van der Waals surface area contributed by atoms with Gasteiger partial charge in [-0.1, -0.05) is 36.4 Å². The fourth-order valence-corrected chi connectivity index (χ4v) is 4.76. The SMILES string of the molecule is COc1ccc(C)cc1NC(=O)C(c1ccccc1)N1CCN(Cc2ccsc2)CC1. The van der Waals surface area contributed by atoms with Gasteiger partial charge in [0.25, 0.3) is 0 Å². The molecule has 2 aromatic carbocycles. The number of rotatable bonds is 7. The summed E-state index contributed by atoms with van der Waals surface area (Å²) < 4.78 is 5.46. The Morgan fingerprint density at radius 3 is 2.55 bits per heavy atom. The van der Waals surface area contributed by atoms with Crippen molar-refractivity contribution in [3.05, 3.63) is 82.0 Å². The van der Waals surface area contributed by atoms with E-state index >= 15 is 0 Å². The van der Waals surface area contributed by atoms with Crippen LogP contribution in [0.1, 0.15) is 22.7 Å². The van der Waals surface area contributed by atoms with E-state index in [0.717, 1.165) is 43.9 Å². The Balaban J connectivity index is 1.50. The molecule has 1 unspecified atom stereocenters. The number of hydrogen-bond donors (Lipinski definition) is 1. The first kappa shape index (κ1) is 21.6. The highest BCUT2D eigenvalue weighted by atomic mass is 32.1. The normalized spacial score (nSPS) is 16.1. The van der Waals surface area contributed by atoms with Crippen LogP contribution in [0.5, 0.6) is 5.75 Å². The van der Waals surface area contributed by atoms with Crippen LogP contribution in [-0.4, -0.2) is 49.0 Å². The summed E-state index contributed by atoms with van der Waals surface area (Å²) in [5.41, 5.74) is 4.17. The number of hydrogen-bond acceptors (Lipinski definition) is 5. The summed E-state index contributed by atoms with van der Waals surface area (Å²) in [6.07, 6.45) is 0. The number of ether oxygens (including phenoxy) is 1. The zero-order valence-corrected chi connectivity index (χ0v) is 18.9. The number of amides is 1. The van der Waals surface area contributed by atoms with Crippen molar-refractivity contribution in [1.29, 1.82) is 0 Å². The summed E-state index contributed by atoms with van der Waals surface area (Å²) in [5.74, 6) is 0.646. The second-order valence-electron chi connectivity index (χ2n) is 7.95. The van der Waals surface area contributed by atoms with Gasteiger partial charge in [-0.15, -0.1) is 0 Å². The molecule has 1 fully saturated rings.